The van der Waals surface area contributed by atoms with Crippen molar-refractivity contribution in [3.05, 3.63) is 47.4 Å². The van der Waals surface area contributed by atoms with Crippen LogP contribution in [-0.2, 0) is 13.6 Å². The summed E-state index contributed by atoms with van der Waals surface area (Å²) in [6, 6.07) is 7.74. The molecule has 1 saturated carbocycles. The van der Waals surface area contributed by atoms with Gasteiger partial charge in [-0.15, -0.1) is 0 Å². The highest BCUT2D eigenvalue weighted by Gasteiger charge is 2.28. The standard InChI is InChI=1S/C21H22N6O/c1-4-27-20-17(11-22-27)16(10-19(24-20)13-5-6-13)21(28)23-14-7-8-18-15(9-14)12(2)26(3)25-18/h7-11,13H,4-6H2,1-3H3,(H,23,28). The molecule has 0 spiro atoms. The number of aryl methyl sites for hydroxylation is 3. The van der Waals surface area contributed by atoms with E-state index in [1.54, 1.807) is 6.20 Å². The number of pyridine rings is 1. The number of hydrogen-bond donors (Lipinski definition) is 1. The third-order valence-electron chi connectivity index (χ3n) is 5.56. The third kappa shape index (κ3) is 2.66. The highest BCUT2D eigenvalue weighted by molar-refractivity contribution is 6.12. The van der Waals surface area contributed by atoms with Crippen LogP contribution in [0.15, 0.2) is 30.5 Å². The van der Waals surface area contributed by atoms with Crippen molar-refractivity contribution in [2.45, 2.75) is 39.2 Å². The first kappa shape index (κ1) is 16.9. The second-order valence-corrected chi connectivity index (χ2v) is 7.46. The number of rotatable bonds is 4. The van der Waals surface area contributed by atoms with E-state index in [0.717, 1.165) is 58.4 Å². The average Bonchev–Trinajstić information content (AvgIpc) is 3.41. The Bertz CT molecular complexity index is 1230. The molecule has 3 aromatic heterocycles. The lowest BCUT2D eigenvalue weighted by Crippen LogP contribution is -2.13. The number of carbonyl (C=O) groups excluding carboxylic acids is 1. The molecule has 5 rings (SSSR count). The maximum absolute atomic E-state index is 13.2. The molecule has 1 N–H and O–H groups in total. The summed E-state index contributed by atoms with van der Waals surface area (Å²) in [6.07, 6.45) is 4.01. The first-order chi connectivity index (χ1) is 13.5. The fraction of sp³-hybridized carbons (Fsp3) is 0.333. The molecule has 0 saturated heterocycles. The molecule has 0 radical (unpaired) electrons. The van der Waals surface area contributed by atoms with Gasteiger partial charge in [0.1, 0.15) is 0 Å². The van der Waals surface area contributed by atoms with Gasteiger partial charge in [-0.3, -0.25) is 9.48 Å². The van der Waals surface area contributed by atoms with Gasteiger partial charge in [-0.2, -0.15) is 10.2 Å². The van der Waals surface area contributed by atoms with Gasteiger partial charge in [-0.1, -0.05) is 0 Å². The molecule has 28 heavy (non-hydrogen) atoms. The van der Waals surface area contributed by atoms with Crippen LogP contribution in [0.25, 0.3) is 21.9 Å². The quantitative estimate of drug-likeness (QED) is 0.590. The third-order valence-corrected chi connectivity index (χ3v) is 5.56. The van der Waals surface area contributed by atoms with Gasteiger partial charge in [0.05, 0.1) is 22.7 Å². The van der Waals surface area contributed by atoms with E-state index in [4.69, 9.17) is 4.98 Å². The van der Waals surface area contributed by atoms with Crippen molar-refractivity contribution in [3.63, 3.8) is 0 Å². The van der Waals surface area contributed by atoms with E-state index in [9.17, 15) is 4.79 Å². The summed E-state index contributed by atoms with van der Waals surface area (Å²) in [7, 11) is 1.92. The molecule has 0 atom stereocenters. The summed E-state index contributed by atoms with van der Waals surface area (Å²) in [4.78, 5) is 17.9. The van der Waals surface area contributed by atoms with Crippen LogP contribution in [0.4, 0.5) is 5.69 Å². The Balaban J connectivity index is 1.55. The van der Waals surface area contributed by atoms with Crippen LogP contribution >= 0.6 is 0 Å². The summed E-state index contributed by atoms with van der Waals surface area (Å²) < 4.78 is 3.70. The van der Waals surface area contributed by atoms with E-state index in [0.29, 0.717) is 11.5 Å². The van der Waals surface area contributed by atoms with Crippen molar-refractivity contribution in [1.29, 1.82) is 0 Å². The molecular weight excluding hydrogens is 352 g/mol. The zero-order valence-corrected chi connectivity index (χ0v) is 16.2. The smallest absolute Gasteiger partial charge is 0.256 e. The Morgan fingerprint density at radius 2 is 2.07 bits per heavy atom. The van der Waals surface area contributed by atoms with E-state index in [2.05, 4.69) is 15.5 Å². The van der Waals surface area contributed by atoms with Gasteiger partial charge >= 0.3 is 0 Å². The van der Waals surface area contributed by atoms with E-state index in [1.807, 2.05) is 54.5 Å². The van der Waals surface area contributed by atoms with Gasteiger partial charge < -0.3 is 5.32 Å². The summed E-state index contributed by atoms with van der Waals surface area (Å²) >= 11 is 0. The average molecular weight is 374 g/mol. The highest BCUT2D eigenvalue weighted by Crippen LogP contribution is 2.40. The SMILES string of the molecule is CCn1ncc2c(C(=O)Nc3ccc4nn(C)c(C)c4c3)cc(C3CC3)nc21. The van der Waals surface area contributed by atoms with Crippen molar-refractivity contribution in [3.8, 4) is 0 Å². The van der Waals surface area contributed by atoms with Gasteiger partial charge in [-0.25, -0.2) is 9.67 Å². The van der Waals surface area contributed by atoms with Gasteiger partial charge in [0.2, 0.25) is 0 Å². The molecule has 4 aromatic rings. The fourth-order valence-corrected chi connectivity index (χ4v) is 3.67. The maximum atomic E-state index is 13.2. The normalized spacial score (nSPS) is 14.1. The number of fused-ring (bicyclic) bond motifs is 2. The van der Waals surface area contributed by atoms with Crippen molar-refractivity contribution in [1.82, 2.24) is 24.5 Å². The Hall–Kier alpha value is -3.22. The van der Waals surface area contributed by atoms with Crippen LogP contribution in [0.1, 0.15) is 47.4 Å². The zero-order valence-electron chi connectivity index (χ0n) is 16.2. The maximum Gasteiger partial charge on any atom is 0.256 e. The number of nitrogens with one attached hydrogen (secondary N) is 1. The Morgan fingerprint density at radius 3 is 2.82 bits per heavy atom. The number of hydrogen-bond acceptors (Lipinski definition) is 4. The van der Waals surface area contributed by atoms with Crippen LogP contribution in [0, 0.1) is 6.92 Å². The lowest BCUT2D eigenvalue weighted by Gasteiger charge is -2.09. The van der Waals surface area contributed by atoms with E-state index in [1.165, 1.54) is 0 Å². The van der Waals surface area contributed by atoms with Gasteiger partial charge in [0.25, 0.3) is 5.91 Å². The van der Waals surface area contributed by atoms with E-state index in [-0.39, 0.29) is 5.91 Å². The Labute approximate surface area is 162 Å². The number of nitrogens with zero attached hydrogens (tertiary/aromatic N) is 5. The van der Waals surface area contributed by atoms with Crippen LogP contribution in [-0.4, -0.2) is 30.5 Å². The molecule has 0 aliphatic heterocycles. The number of anilines is 1. The first-order valence-corrected chi connectivity index (χ1v) is 9.66. The van der Waals surface area contributed by atoms with Crippen molar-refractivity contribution in [2.24, 2.45) is 7.05 Å². The molecular formula is C21H22N6O. The number of benzene rings is 1. The fourth-order valence-electron chi connectivity index (χ4n) is 3.67. The van der Waals surface area contributed by atoms with Crippen LogP contribution in [0.2, 0.25) is 0 Å². The summed E-state index contributed by atoms with van der Waals surface area (Å²) in [5.74, 6) is 0.330. The largest absolute Gasteiger partial charge is 0.322 e. The van der Waals surface area contributed by atoms with Gasteiger partial charge in [0, 0.05) is 42.0 Å². The second kappa shape index (κ2) is 6.15. The van der Waals surface area contributed by atoms with Gasteiger partial charge in [0.15, 0.2) is 5.65 Å². The number of aromatic nitrogens is 5. The molecule has 0 bridgehead atoms. The zero-order chi connectivity index (χ0) is 19.4. The molecule has 1 amide bonds. The predicted molar refractivity (Wildman–Crippen MR) is 109 cm³/mol. The monoisotopic (exact) mass is 374 g/mol. The minimum atomic E-state index is -0.133. The molecule has 1 aromatic carbocycles. The Kier molecular flexibility index (Phi) is 3.72. The van der Waals surface area contributed by atoms with Crippen LogP contribution in [0.5, 0.6) is 0 Å². The van der Waals surface area contributed by atoms with E-state index < -0.39 is 0 Å². The van der Waals surface area contributed by atoms with Crippen LogP contribution < -0.4 is 5.32 Å². The number of carbonyl (C=O) groups is 1. The predicted octanol–water partition coefficient (Wildman–Crippen LogP) is 3.78. The molecule has 7 nitrogen and oxygen atoms in total. The number of amides is 1. The summed E-state index contributed by atoms with van der Waals surface area (Å²) in [5.41, 5.74) is 5.16. The second-order valence-electron chi connectivity index (χ2n) is 7.46. The van der Waals surface area contributed by atoms with Crippen molar-refractivity contribution >= 4 is 33.5 Å². The Morgan fingerprint density at radius 1 is 1.25 bits per heavy atom. The minimum absolute atomic E-state index is 0.133. The minimum Gasteiger partial charge on any atom is -0.322 e. The molecule has 1 aliphatic carbocycles. The van der Waals surface area contributed by atoms with Crippen molar-refractivity contribution in [2.75, 3.05) is 5.32 Å². The summed E-state index contributed by atoms with van der Waals surface area (Å²) in [5, 5.41) is 13.8. The topological polar surface area (TPSA) is 77.6 Å². The molecule has 3 heterocycles. The van der Waals surface area contributed by atoms with Crippen LogP contribution in [0.3, 0.4) is 0 Å². The molecule has 1 aliphatic rings. The highest BCUT2D eigenvalue weighted by atomic mass is 16.1. The molecule has 1 fully saturated rings. The molecule has 7 heteroatoms. The van der Waals surface area contributed by atoms with Crippen molar-refractivity contribution < 1.29 is 4.79 Å². The molecule has 142 valence electrons. The lowest BCUT2D eigenvalue weighted by atomic mass is 10.1. The molecule has 0 unspecified atom stereocenters. The summed E-state index contributed by atoms with van der Waals surface area (Å²) in [6.45, 7) is 4.78. The van der Waals surface area contributed by atoms with Gasteiger partial charge in [-0.05, 0) is 51.0 Å². The van der Waals surface area contributed by atoms with E-state index >= 15 is 0 Å². The lowest BCUT2D eigenvalue weighted by molar-refractivity contribution is 0.102. The first-order valence-electron chi connectivity index (χ1n) is 9.66.